The fourth-order valence-corrected chi connectivity index (χ4v) is 0.858. The highest BCUT2D eigenvalue weighted by atomic mass is 32.3. The normalized spacial score (nSPS) is 14.7. The molecule has 1 atom stereocenters. The Morgan fingerprint density at radius 3 is 2.06 bits per heavy atom. The van der Waals surface area contributed by atoms with Crippen molar-refractivity contribution in [2.75, 3.05) is 13.7 Å². The fraction of sp³-hybridized carbons (Fsp3) is 1.00. The van der Waals surface area contributed by atoms with Gasteiger partial charge < -0.3 is 5.11 Å². The highest BCUT2D eigenvalue weighted by Crippen LogP contribution is 2.03. The standard InChI is InChI=1S/C9H21NO.CH4O4S/c1-4-6-7-8-10-9(3,11)5-2;1-5-6(2,3)4/h10-11H,4-8H2,1-3H3;1H3,(H,2,3,4). The molecular formula is C10H25NO5S. The zero-order valence-corrected chi connectivity index (χ0v) is 11.9. The molecule has 0 aliphatic rings. The second-order valence-corrected chi connectivity index (χ2v) is 5.04. The SMILES string of the molecule is CCCCCNC(C)(O)CC.COS(=O)(=O)O. The minimum Gasteiger partial charge on any atom is -0.376 e. The third-order valence-electron chi connectivity index (χ3n) is 2.19. The number of aliphatic hydroxyl groups is 1. The van der Waals surface area contributed by atoms with Crippen LogP contribution < -0.4 is 5.32 Å². The highest BCUT2D eigenvalue weighted by molar-refractivity contribution is 7.80. The molecule has 0 aliphatic heterocycles. The zero-order valence-electron chi connectivity index (χ0n) is 11.1. The molecule has 0 saturated heterocycles. The van der Waals surface area contributed by atoms with Crippen LogP contribution in [0.25, 0.3) is 0 Å². The monoisotopic (exact) mass is 271 g/mol. The first kappa shape index (κ1) is 19.1. The molecule has 0 aromatic rings. The van der Waals surface area contributed by atoms with Gasteiger partial charge in [-0.25, -0.2) is 0 Å². The zero-order chi connectivity index (χ0) is 13.9. The van der Waals surface area contributed by atoms with E-state index in [1.54, 1.807) is 0 Å². The second-order valence-electron chi connectivity index (χ2n) is 3.86. The Morgan fingerprint density at radius 1 is 1.29 bits per heavy atom. The average molecular weight is 271 g/mol. The van der Waals surface area contributed by atoms with Gasteiger partial charge in [0.1, 0.15) is 5.72 Å². The summed E-state index contributed by atoms with van der Waals surface area (Å²) in [6, 6.07) is 0. The van der Waals surface area contributed by atoms with Crippen LogP contribution in [0.4, 0.5) is 0 Å². The molecule has 0 aromatic carbocycles. The van der Waals surface area contributed by atoms with Gasteiger partial charge in [0.15, 0.2) is 0 Å². The Balaban J connectivity index is 0. The smallest absolute Gasteiger partial charge is 0.376 e. The summed E-state index contributed by atoms with van der Waals surface area (Å²) in [4.78, 5) is 0. The van der Waals surface area contributed by atoms with E-state index in [0.717, 1.165) is 26.5 Å². The first-order valence-electron chi connectivity index (χ1n) is 5.69. The van der Waals surface area contributed by atoms with Crippen molar-refractivity contribution >= 4 is 10.4 Å². The highest BCUT2D eigenvalue weighted by Gasteiger charge is 2.14. The quantitative estimate of drug-likeness (QED) is 0.367. The van der Waals surface area contributed by atoms with Gasteiger partial charge in [-0.15, -0.1) is 0 Å². The molecule has 0 fully saturated rings. The van der Waals surface area contributed by atoms with Gasteiger partial charge in [-0.3, -0.25) is 14.1 Å². The Hall–Kier alpha value is -0.210. The van der Waals surface area contributed by atoms with E-state index >= 15 is 0 Å². The first-order valence-corrected chi connectivity index (χ1v) is 7.05. The summed E-state index contributed by atoms with van der Waals surface area (Å²) < 4.78 is 29.7. The van der Waals surface area contributed by atoms with Gasteiger partial charge in [-0.1, -0.05) is 26.7 Å². The van der Waals surface area contributed by atoms with E-state index in [1.807, 2.05) is 13.8 Å². The van der Waals surface area contributed by atoms with E-state index in [0.29, 0.717) is 0 Å². The van der Waals surface area contributed by atoms with Crippen molar-refractivity contribution in [1.29, 1.82) is 0 Å². The molecule has 7 heteroatoms. The van der Waals surface area contributed by atoms with Crippen molar-refractivity contribution in [3.63, 3.8) is 0 Å². The van der Waals surface area contributed by atoms with Crippen LogP contribution in [0.5, 0.6) is 0 Å². The van der Waals surface area contributed by atoms with Crippen LogP contribution >= 0.6 is 0 Å². The first-order chi connectivity index (χ1) is 7.68. The predicted octanol–water partition coefficient (Wildman–Crippen LogP) is 1.32. The lowest BCUT2D eigenvalue weighted by Crippen LogP contribution is -2.41. The molecule has 0 amide bonds. The van der Waals surface area contributed by atoms with Gasteiger partial charge >= 0.3 is 10.4 Å². The summed E-state index contributed by atoms with van der Waals surface area (Å²) >= 11 is 0. The van der Waals surface area contributed by atoms with Gasteiger partial charge in [-0.2, -0.15) is 8.42 Å². The minimum atomic E-state index is -4.16. The van der Waals surface area contributed by atoms with Crippen LogP contribution in [0.2, 0.25) is 0 Å². The number of rotatable bonds is 7. The van der Waals surface area contributed by atoms with Crippen molar-refractivity contribution < 1.29 is 22.3 Å². The maximum atomic E-state index is 9.51. The molecule has 0 spiro atoms. The molecule has 0 rings (SSSR count). The molecule has 1 unspecified atom stereocenters. The number of nitrogens with one attached hydrogen (secondary N) is 1. The topological polar surface area (TPSA) is 95.9 Å². The molecule has 0 bridgehead atoms. The molecule has 0 saturated carbocycles. The molecule has 0 aromatic heterocycles. The summed E-state index contributed by atoms with van der Waals surface area (Å²) in [5.41, 5.74) is -0.659. The lowest BCUT2D eigenvalue weighted by atomic mass is 10.2. The van der Waals surface area contributed by atoms with Crippen LogP contribution in [0, 0.1) is 0 Å². The van der Waals surface area contributed by atoms with E-state index in [2.05, 4.69) is 16.4 Å². The molecule has 0 heterocycles. The van der Waals surface area contributed by atoms with E-state index in [-0.39, 0.29) is 0 Å². The number of unbranched alkanes of at least 4 members (excludes halogenated alkanes) is 2. The van der Waals surface area contributed by atoms with Crippen molar-refractivity contribution in [3.8, 4) is 0 Å². The van der Waals surface area contributed by atoms with Gasteiger partial charge in [0.05, 0.1) is 7.11 Å². The van der Waals surface area contributed by atoms with Crippen molar-refractivity contribution in [2.24, 2.45) is 0 Å². The van der Waals surface area contributed by atoms with Gasteiger partial charge in [0, 0.05) is 0 Å². The lowest BCUT2D eigenvalue weighted by molar-refractivity contribution is 0.0203. The van der Waals surface area contributed by atoms with Gasteiger partial charge in [0.25, 0.3) is 0 Å². The maximum absolute atomic E-state index is 9.51. The van der Waals surface area contributed by atoms with E-state index < -0.39 is 16.1 Å². The van der Waals surface area contributed by atoms with E-state index in [4.69, 9.17) is 4.55 Å². The summed E-state index contributed by atoms with van der Waals surface area (Å²) in [5, 5.41) is 12.6. The summed E-state index contributed by atoms with van der Waals surface area (Å²) in [6.45, 7) is 6.90. The summed E-state index contributed by atoms with van der Waals surface area (Å²) in [5.74, 6) is 0. The van der Waals surface area contributed by atoms with Crippen LogP contribution in [-0.2, 0) is 14.6 Å². The van der Waals surface area contributed by atoms with E-state index in [1.165, 1.54) is 12.8 Å². The van der Waals surface area contributed by atoms with E-state index in [9.17, 15) is 13.5 Å². The Labute approximate surface area is 104 Å². The lowest BCUT2D eigenvalue weighted by Gasteiger charge is -2.22. The molecule has 0 aliphatic carbocycles. The number of hydrogen-bond donors (Lipinski definition) is 3. The maximum Gasteiger partial charge on any atom is 0.397 e. The fourth-order valence-electron chi connectivity index (χ4n) is 0.858. The Bertz CT molecular complexity index is 264. The molecular weight excluding hydrogens is 246 g/mol. The van der Waals surface area contributed by atoms with Crippen molar-refractivity contribution in [1.82, 2.24) is 5.32 Å². The Kier molecular flexibility index (Phi) is 11.0. The van der Waals surface area contributed by atoms with Gasteiger partial charge in [0.2, 0.25) is 0 Å². The average Bonchev–Trinajstić information content (AvgIpc) is 2.24. The Morgan fingerprint density at radius 2 is 1.76 bits per heavy atom. The molecule has 3 N–H and O–H groups in total. The van der Waals surface area contributed by atoms with Crippen LogP contribution in [0.3, 0.4) is 0 Å². The third kappa shape index (κ3) is 18.4. The minimum absolute atomic E-state index is 0.659. The van der Waals surface area contributed by atoms with Crippen molar-refractivity contribution in [2.45, 2.75) is 52.2 Å². The van der Waals surface area contributed by atoms with Gasteiger partial charge in [-0.05, 0) is 26.3 Å². The molecule has 6 nitrogen and oxygen atoms in total. The molecule has 0 radical (unpaired) electrons. The van der Waals surface area contributed by atoms with Crippen molar-refractivity contribution in [3.05, 3.63) is 0 Å². The second kappa shape index (κ2) is 9.78. The number of hydrogen-bond acceptors (Lipinski definition) is 5. The predicted molar refractivity (Wildman–Crippen MR) is 67.0 cm³/mol. The summed E-state index contributed by atoms with van der Waals surface area (Å²) in [6.07, 6.45) is 4.40. The molecule has 17 heavy (non-hydrogen) atoms. The third-order valence-corrected chi connectivity index (χ3v) is 2.61. The van der Waals surface area contributed by atoms with Crippen LogP contribution in [-0.4, -0.2) is 37.5 Å². The van der Waals surface area contributed by atoms with Crippen LogP contribution in [0.1, 0.15) is 46.5 Å². The largest absolute Gasteiger partial charge is 0.397 e. The van der Waals surface area contributed by atoms with Crippen LogP contribution in [0.15, 0.2) is 0 Å². The summed E-state index contributed by atoms with van der Waals surface area (Å²) in [7, 11) is -3.29. The molecule has 106 valence electrons.